The zero-order valence-electron chi connectivity index (χ0n) is 12.5. The van der Waals surface area contributed by atoms with E-state index in [0.717, 1.165) is 17.9 Å². The van der Waals surface area contributed by atoms with E-state index >= 15 is 0 Å². The normalized spacial score (nSPS) is 12.6. The average Bonchev–Trinajstić information content (AvgIpc) is 2.83. The van der Waals surface area contributed by atoms with E-state index in [1.165, 1.54) is 0 Å². The Morgan fingerprint density at radius 2 is 2.00 bits per heavy atom. The fraction of sp³-hybridized carbons (Fsp3) is 0.375. The number of ether oxygens (including phenoxy) is 1. The molecular weight excluding hydrogens is 268 g/mol. The lowest BCUT2D eigenvalue weighted by Crippen LogP contribution is -2.32. The van der Waals surface area contributed by atoms with Crippen molar-refractivity contribution >= 4 is 5.69 Å². The van der Waals surface area contributed by atoms with Gasteiger partial charge in [-0.3, -0.25) is 4.90 Å². The van der Waals surface area contributed by atoms with E-state index in [4.69, 9.17) is 14.9 Å². The van der Waals surface area contributed by atoms with Crippen molar-refractivity contribution in [2.24, 2.45) is 0 Å². The average molecular weight is 290 g/mol. The van der Waals surface area contributed by atoms with Crippen molar-refractivity contribution in [3.05, 3.63) is 47.9 Å². The van der Waals surface area contributed by atoms with Crippen LogP contribution in [0.3, 0.4) is 0 Å². The highest BCUT2D eigenvalue weighted by Gasteiger charge is 2.11. The van der Waals surface area contributed by atoms with Gasteiger partial charge in [-0.05, 0) is 44.3 Å². The van der Waals surface area contributed by atoms with Crippen LogP contribution in [0.5, 0.6) is 5.75 Å². The van der Waals surface area contributed by atoms with Gasteiger partial charge in [-0.25, -0.2) is 0 Å². The minimum absolute atomic E-state index is 0.249. The Kier molecular flexibility index (Phi) is 5.25. The molecule has 21 heavy (non-hydrogen) atoms. The zero-order valence-corrected chi connectivity index (χ0v) is 12.5. The number of aryl methyl sites for hydroxylation is 1. The molecule has 0 saturated heterocycles. The fourth-order valence-corrected chi connectivity index (χ4v) is 2.10. The van der Waals surface area contributed by atoms with E-state index in [2.05, 4.69) is 0 Å². The third kappa shape index (κ3) is 4.81. The minimum atomic E-state index is -0.556. The lowest BCUT2D eigenvalue weighted by molar-refractivity contribution is 0.0743. The predicted octanol–water partition coefficient (Wildman–Crippen LogP) is 2.04. The highest BCUT2D eigenvalue weighted by Crippen LogP contribution is 2.14. The van der Waals surface area contributed by atoms with Crippen LogP contribution in [0, 0.1) is 6.92 Å². The van der Waals surface area contributed by atoms with E-state index in [1.54, 1.807) is 30.5 Å². The molecule has 0 amide bonds. The summed E-state index contributed by atoms with van der Waals surface area (Å²) in [6.45, 7) is 3.45. The Bertz CT molecular complexity index is 551. The number of aliphatic hydroxyl groups is 1. The molecule has 2 aromatic rings. The molecule has 0 saturated carbocycles. The smallest absolute Gasteiger partial charge is 0.119 e. The lowest BCUT2D eigenvalue weighted by Gasteiger charge is -2.20. The van der Waals surface area contributed by atoms with Gasteiger partial charge in [0, 0.05) is 24.3 Å². The second kappa shape index (κ2) is 7.15. The molecule has 114 valence electrons. The summed E-state index contributed by atoms with van der Waals surface area (Å²) in [4.78, 5) is 2.04. The van der Waals surface area contributed by atoms with Gasteiger partial charge in [-0.1, -0.05) is 0 Å². The third-order valence-corrected chi connectivity index (χ3v) is 3.25. The number of nitrogens with two attached hydrogens (primary N) is 1. The summed E-state index contributed by atoms with van der Waals surface area (Å²) in [5, 5.41) is 10.0. The molecule has 0 spiro atoms. The van der Waals surface area contributed by atoms with Gasteiger partial charge in [0.15, 0.2) is 0 Å². The molecule has 1 heterocycles. The maximum atomic E-state index is 10.0. The van der Waals surface area contributed by atoms with E-state index < -0.39 is 6.10 Å². The quantitative estimate of drug-likeness (QED) is 0.764. The highest BCUT2D eigenvalue weighted by molar-refractivity contribution is 5.41. The van der Waals surface area contributed by atoms with Gasteiger partial charge in [0.05, 0.1) is 6.26 Å². The molecule has 1 aromatic heterocycles. The predicted molar refractivity (Wildman–Crippen MR) is 82.1 cm³/mol. The van der Waals surface area contributed by atoms with Gasteiger partial charge in [0.1, 0.15) is 24.2 Å². The Morgan fingerprint density at radius 3 is 2.62 bits per heavy atom. The highest BCUT2D eigenvalue weighted by atomic mass is 16.5. The van der Waals surface area contributed by atoms with Crippen molar-refractivity contribution in [3.8, 4) is 5.75 Å². The van der Waals surface area contributed by atoms with E-state index in [1.807, 2.05) is 24.9 Å². The summed E-state index contributed by atoms with van der Waals surface area (Å²) in [7, 11) is 1.96. The largest absolute Gasteiger partial charge is 0.491 e. The molecular formula is C16H22N2O3. The summed E-state index contributed by atoms with van der Waals surface area (Å²) in [5.74, 6) is 1.62. The molecule has 0 aliphatic carbocycles. The first-order valence-electron chi connectivity index (χ1n) is 6.92. The molecule has 2 rings (SSSR count). The molecule has 1 aromatic carbocycles. The molecule has 0 fully saturated rings. The van der Waals surface area contributed by atoms with Crippen molar-refractivity contribution in [3.63, 3.8) is 0 Å². The van der Waals surface area contributed by atoms with Gasteiger partial charge in [0.2, 0.25) is 0 Å². The summed E-state index contributed by atoms with van der Waals surface area (Å²) >= 11 is 0. The van der Waals surface area contributed by atoms with Gasteiger partial charge < -0.3 is 20.0 Å². The molecule has 5 nitrogen and oxygen atoms in total. The Labute approximate surface area is 124 Å². The maximum absolute atomic E-state index is 10.0. The monoisotopic (exact) mass is 290 g/mol. The van der Waals surface area contributed by atoms with Crippen LogP contribution < -0.4 is 10.5 Å². The molecule has 0 aliphatic heterocycles. The van der Waals surface area contributed by atoms with Gasteiger partial charge in [-0.15, -0.1) is 0 Å². The van der Waals surface area contributed by atoms with Crippen LogP contribution in [0.1, 0.15) is 11.3 Å². The van der Waals surface area contributed by atoms with Gasteiger partial charge in [-0.2, -0.15) is 0 Å². The topological polar surface area (TPSA) is 71.9 Å². The Hall–Kier alpha value is -1.98. The van der Waals surface area contributed by atoms with Crippen LogP contribution in [0.25, 0.3) is 0 Å². The Balaban J connectivity index is 1.74. The number of rotatable bonds is 7. The zero-order chi connectivity index (χ0) is 15.2. The summed E-state index contributed by atoms with van der Waals surface area (Å²) < 4.78 is 10.8. The number of benzene rings is 1. The van der Waals surface area contributed by atoms with Gasteiger partial charge in [0.25, 0.3) is 0 Å². The Morgan fingerprint density at radius 1 is 1.29 bits per heavy atom. The maximum Gasteiger partial charge on any atom is 0.119 e. The SMILES string of the molecule is Cc1occc1CN(C)CC(O)COc1ccc(N)cc1. The van der Waals surface area contributed by atoms with E-state index in [-0.39, 0.29) is 6.61 Å². The fourth-order valence-electron chi connectivity index (χ4n) is 2.10. The molecule has 1 atom stereocenters. The van der Waals surface area contributed by atoms with Crippen LogP contribution in [0.4, 0.5) is 5.69 Å². The second-order valence-corrected chi connectivity index (χ2v) is 5.23. The summed E-state index contributed by atoms with van der Waals surface area (Å²) in [5.41, 5.74) is 7.43. The third-order valence-electron chi connectivity index (χ3n) is 3.25. The van der Waals surface area contributed by atoms with Crippen LogP contribution in [-0.2, 0) is 6.54 Å². The first-order valence-corrected chi connectivity index (χ1v) is 6.92. The summed E-state index contributed by atoms with van der Waals surface area (Å²) in [6.07, 6.45) is 1.12. The number of hydrogen-bond acceptors (Lipinski definition) is 5. The van der Waals surface area contributed by atoms with Crippen LogP contribution in [-0.4, -0.2) is 36.3 Å². The van der Waals surface area contributed by atoms with Crippen LogP contribution in [0.2, 0.25) is 0 Å². The minimum Gasteiger partial charge on any atom is -0.491 e. The molecule has 0 bridgehead atoms. The van der Waals surface area contributed by atoms with Crippen molar-refractivity contribution in [2.45, 2.75) is 19.6 Å². The molecule has 0 radical (unpaired) electrons. The van der Waals surface area contributed by atoms with Crippen LogP contribution >= 0.6 is 0 Å². The first-order chi connectivity index (χ1) is 10.0. The van der Waals surface area contributed by atoms with E-state index in [0.29, 0.717) is 18.0 Å². The molecule has 0 aliphatic rings. The number of nitrogens with zero attached hydrogens (tertiary/aromatic N) is 1. The molecule has 5 heteroatoms. The van der Waals surface area contributed by atoms with Crippen molar-refractivity contribution < 1.29 is 14.3 Å². The lowest BCUT2D eigenvalue weighted by atomic mass is 10.2. The second-order valence-electron chi connectivity index (χ2n) is 5.23. The molecule has 3 N–H and O–H groups in total. The number of furan rings is 1. The van der Waals surface area contributed by atoms with Crippen molar-refractivity contribution in [2.75, 3.05) is 25.9 Å². The number of likely N-dealkylation sites (N-methyl/N-ethyl adjacent to an activating group) is 1. The van der Waals surface area contributed by atoms with E-state index in [9.17, 15) is 5.11 Å². The summed E-state index contributed by atoms with van der Waals surface area (Å²) in [6, 6.07) is 9.08. The van der Waals surface area contributed by atoms with Gasteiger partial charge >= 0.3 is 0 Å². The number of nitrogen functional groups attached to an aromatic ring is 1. The number of anilines is 1. The van der Waals surface area contributed by atoms with Crippen LogP contribution in [0.15, 0.2) is 41.0 Å². The number of hydrogen-bond donors (Lipinski definition) is 2. The standard InChI is InChI=1S/C16H22N2O3/c1-12-13(7-8-20-12)9-18(2)10-15(19)11-21-16-5-3-14(17)4-6-16/h3-8,15,19H,9-11,17H2,1-2H3. The van der Waals surface area contributed by atoms with Crippen molar-refractivity contribution in [1.29, 1.82) is 0 Å². The number of aliphatic hydroxyl groups excluding tert-OH is 1. The van der Waals surface area contributed by atoms with Crippen molar-refractivity contribution in [1.82, 2.24) is 4.90 Å². The molecule has 1 unspecified atom stereocenters. The first kappa shape index (κ1) is 15.4.